The highest BCUT2D eigenvalue weighted by Gasteiger charge is 2.34. The van der Waals surface area contributed by atoms with Crippen LogP contribution in [0.15, 0.2) is 5.38 Å². The average Bonchev–Trinajstić information content (AvgIpc) is 2.32. The molecule has 0 unspecified atom stereocenters. The van der Waals surface area contributed by atoms with Gasteiger partial charge in [-0.2, -0.15) is 0 Å². The summed E-state index contributed by atoms with van der Waals surface area (Å²) in [5.74, 6) is 0. The molecule has 0 spiro atoms. The van der Waals surface area contributed by atoms with Gasteiger partial charge in [0.05, 0.1) is 16.3 Å². The second-order valence-corrected chi connectivity index (χ2v) is 4.42. The minimum absolute atomic E-state index is 0.527. The number of rotatable bonds is 2. The van der Waals surface area contributed by atoms with Crippen LogP contribution < -0.4 is 5.32 Å². The average molecular weight is 184 g/mol. The predicted octanol–water partition coefficient (Wildman–Crippen LogP) is 0.328. The van der Waals surface area contributed by atoms with Crippen molar-refractivity contribution < 1.29 is 5.11 Å². The Balaban J connectivity index is 2.03. The normalized spacial score (nSPS) is 20.5. The molecule has 2 N–H and O–H groups in total. The van der Waals surface area contributed by atoms with Crippen molar-refractivity contribution in [3.05, 3.63) is 16.1 Å². The summed E-state index contributed by atoms with van der Waals surface area (Å²) in [5.41, 5.74) is 0.488. The molecular formula is C8H12N2OS. The third-order valence-electron chi connectivity index (χ3n) is 2.08. The summed E-state index contributed by atoms with van der Waals surface area (Å²) in [6.45, 7) is 3.38. The smallest absolute Gasteiger partial charge is 0.0950 e. The maximum atomic E-state index is 9.77. The number of nitrogens with one attached hydrogen (secondary N) is 1. The quantitative estimate of drug-likeness (QED) is 0.696. The summed E-state index contributed by atoms with van der Waals surface area (Å²) < 4.78 is 0. The topological polar surface area (TPSA) is 45.2 Å². The molecule has 0 bridgehead atoms. The van der Waals surface area contributed by atoms with E-state index < -0.39 is 5.60 Å². The summed E-state index contributed by atoms with van der Waals surface area (Å²) in [7, 11) is 0. The van der Waals surface area contributed by atoms with Crippen molar-refractivity contribution in [2.24, 2.45) is 0 Å². The highest BCUT2D eigenvalue weighted by molar-refractivity contribution is 7.09. The first-order valence-corrected chi connectivity index (χ1v) is 4.90. The molecule has 0 atom stereocenters. The lowest BCUT2D eigenvalue weighted by Gasteiger charge is -2.37. The van der Waals surface area contributed by atoms with Crippen LogP contribution in [0.3, 0.4) is 0 Å². The summed E-state index contributed by atoms with van der Waals surface area (Å²) in [5, 5.41) is 15.9. The number of hydrogen-bond donors (Lipinski definition) is 2. The zero-order valence-electron chi connectivity index (χ0n) is 7.00. The zero-order valence-corrected chi connectivity index (χ0v) is 7.82. The van der Waals surface area contributed by atoms with Gasteiger partial charge in [-0.1, -0.05) is 0 Å². The molecule has 12 heavy (non-hydrogen) atoms. The molecule has 1 aromatic rings. The Hall–Kier alpha value is -0.450. The van der Waals surface area contributed by atoms with Crippen LogP contribution in [0.5, 0.6) is 0 Å². The molecule has 1 saturated heterocycles. The van der Waals surface area contributed by atoms with Gasteiger partial charge in [0.2, 0.25) is 0 Å². The molecule has 0 aromatic carbocycles. The lowest BCUT2D eigenvalue weighted by molar-refractivity contribution is -0.00971. The molecule has 1 aromatic heterocycles. The Morgan fingerprint density at radius 2 is 2.50 bits per heavy atom. The van der Waals surface area contributed by atoms with E-state index in [0.29, 0.717) is 19.5 Å². The third-order valence-corrected chi connectivity index (χ3v) is 2.91. The SMILES string of the molecule is Cc1nc(CC2(O)CNC2)cs1. The van der Waals surface area contributed by atoms with E-state index in [1.54, 1.807) is 11.3 Å². The van der Waals surface area contributed by atoms with E-state index in [1.165, 1.54) is 0 Å². The fraction of sp³-hybridized carbons (Fsp3) is 0.625. The minimum Gasteiger partial charge on any atom is -0.387 e. The van der Waals surface area contributed by atoms with Gasteiger partial charge in [0.15, 0.2) is 0 Å². The van der Waals surface area contributed by atoms with E-state index in [-0.39, 0.29) is 0 Å². The maximum Gasteiger partial charge on any atom is 0.0950 e. The molecule has 66 valence electrons. The molecule has 1 fully saturated rings. The zero-order chi connectivity index (χ0) is 8.60. The van der Waals surface area contributed by atoms with Crippen LogP contribution in [0.2, 0.25) is 0 Å². The molecule has 1 aliphatic rings. The van der Waals surface area contributed by atoms with Gasteiger partial charge in [0.25, 0.3) is 0 Å². The van der Waals surface area contributed by atoms with Gasteiger partial charge in [-0.15, -0.1) is 11.3 Å². The monoisotopic (exact) mass is 184 g/mol. The summed E-state index contributed by atoms with van der Waals surface area (Å²) in [6.07, 6.45) is 0.685. The predicted molar refractivity (Wildman–Crippen MR) is 48.4 cm³/mol. The van der Waals surface area contributed by atoms with Crippen LogP contribution in [-0.2, 0) is 6.42 Å². The lowest BCUT2D eigenvalue weighted by Crippen LogP contribution is -2.60. The van der Waals surface area contributed by atoms with Gasteiger partial charge < -0.3 is 10.4 Å². The Morgan fingerprint density at radius 1 is 1.75 bits per heavy atom. The highest BCUT2D eigenvalue weighted by atomic mass is 32.1. The van der Waals surface area contributed by atoms with Crippen LogP contribution in [0.25, 0.3) is 0 Å². The van der Waals surface area contributed by atoms with Gasteiger partial charge in [-0.05, 0) is 6.92 Å². The number of hydrogen-bond acceptors (Lipinski definition) is 4. The molecule has 2 rings (SSSR count). The van der Waals surface area contributed by atoms with Crippen molar-refractivity contribution in [3.63, 3.8) is 0 Å². The summed E-state index contributed by atoms with van der Waals surface area (Å²) >= 11 is 1.64. The summed E-state index contributed by atoms with van der Waals surface area (Å²) in [4.78, 5) is 4.31. The first-order valence-electron chi connectivity index (χ1n) is 4.02. The van der Waals surface area contributed by atoms with Gasteiger partial charge in [0, 0.05) is 24.9 Å². The van der Waals surface area contributed by atoms with Crippen LogP contribution in [0.4, 0.5) is 0 Å². The van der Waals surface area contributed by atoms with Crippen molar-refractivity contribution in [1.82, 2.24) is 10.3 Å². The van der Waals surface area contributed by atoms with E-state index in [2.05, 4.69) is 10.3 Å². The van der Waals surface area contributed by atoms with Crippen molar-refractivity contribution in [2.45, 2.75) is 18.9 Å². The fourth-order valence-electron chi connectivity index (χ4n) is 1.37. The number of thiazole rings is 1. The van der Waals surface area contributed by atoms with E-state index in [0.717, 1.165) is 10.7 Å². The molecular weight excluding hydrogens is 172 g/mol. The van der Waals surface area contributed by atoms with Crippen molar-refractivity contribution >= 4 is 11.3 Å². The van der Waals surface area contributed by atoms with Gasteiger partial charge in [-0.25, -0.2) is 4.98 Å². The molecule has 2 heterocycles. The van der Waals surface area contributed by atoms with E-state index in [4.69, 9.17) is 0 Å². The standard InChI is InChI=1S/C8H12N2OS/c1-6-10-7(3-12-6)2-8(11)4-9-5-8/h3,9,11H,2,4-5H2,1H3. The molecule has 0 amide bonds. The Bertz CT molecular complexity index is 280. The second-order valence-electron chi connectivity index (χ2n) is 3.36. The third kappa shape index (κ3) is 1.50. The molecule has 0 radical (unpaired) electrons. The Labute approximate surface area is 75.5 Å². The number of β-amino-alcohol motifs (C(OH)–C–C–N with tert-alkyl or cyclic N) is 1. The fourth-order valence-corrected chi connectivity index (χ4v) is 1.98. The van der Waals surface area contributed by atoms with Gasteiger partial charge in [0.1, 0.15) is 0 Å². The first kappa shape index (κ1) is 8.16. The molecule has 3 nitrogen and oxygen atoms in total. The van der Waals surface area contributed by atoms with Crippen LogP contribution in [0.1, 0.15) is 10.7 Å². The Morgan fingerprint density at radius 3 is 2.92 bits per heavy atom. The molecule has 1 aliphatic heterocycles. The van der Waals surface area contributed by atoms with E-state index in [9.17, 15) is 5.11 Å². The first-order chi connectivity index (χ1) is 5.68. The maximum absolute atomic E-state index is 9.77. The largest absolute Gasteiger partial charge is 0.387 e. The number of aromatic nitrogens is 1. The number of nitrogens with zero attached hydrogens (tertiary/aromatic N) is 1. The van der Waals surface area contributed by atoms with Crippen LogP contribution in [0, 0.1) is 6.92 Å². The van der Waals surface area contributed by atoms with Gasteiger partial charge >= 0.3 is 0 Å². The molecule has 0 aliphatic carbocycles. The van der Waals surface area contributed by atoms with Crippen LogP contribution in [-0.4, -0.2) is 28.8 Å². The molecule has 4 heteroatoms. The van der Waals surface area contributed by atoms with Crippen molar-refractivity contribution in [1.29, 1.82) is 0 Å². The van der Waals surface area contributed by atoms with Crippen LogP contribution >= 0.6 is 11.3 Å². The molecule has 0 saturated carbocycles. The summed E-state index contributed by atoms with van der Waals surface area (Å²) in [6, 6.07) is 0. The Kier molecular flexibility index (Phi) is 1.90. The van der Waals surface area contributed by atoms with Crippen molar-refractivity contribution in [2.75, 3.05) is 13.1 Å². The number of aryl methyl sites for hydroxylation is 1. The minimum atomic E-state index is -0.527. The van der Waals surface area contributed by atoms with Gasteiger partial charge in [-0.3, -0.25) is 0 Å². The highest BCUT2D eigenvalue weighted by Crippen LogP contribution is 2.18. The number of aliphatic hydroxyl groups is 1. The lowest BCUT2D eigenvalue weighted by atomic mass is 9.92. The second kappa shape index (κ2) is 2.80. The van der Waals surface area contributed by atoms with Crippen molar-refractivity contribution in [3.8, 4) is 0 Å². The van der Waals surface area contributed by atoms with E-state index in [1.807, 2.05) is 12.3 Å². The van der Waals surface area contributed by atoms with E-state index >= 15 is 0 Å².